The summed E-state index contributed by atoms with van der Waals surface area (Å²) < 4.78 is 0. The highest BCUT2D eigenvalue weighted by atomic mass is 32.2. The zero-order valence-electron chi connectivity index (χ0n) is 9.71. The number of hydrogen-bond acceptors (Lipinski definition) is 6. The second kappa shape index (κ2) is 5.09. The average molecular weight is 247 g/mol. The van der Waals surface area contributed by atoms with Crippen LogP contribution in [0.3, 0.4) is 0 Å². The van der Waals surface area contributed by atoms with Crippen molar-refractivity contribution in [3.63, 3.8) is 0 Å². The van der Waals surface area contributed by atoms with Crippen molar-refractivity contribution in [1.29, 1.82) is 0 Å². The predicted octanol–water partition coefficient (Wildman–Crippen LogP) is 1.87. The molecule has 0 atom stereocenters. The molecule has 2 N–H and O–H groups in total. The second-order valence-corrected chi connectivity index (χ2v) is 4.43. The number of nitrogens with zero attached hydrogens (tertiary/aromatic N) is 4. The summed E-state index contributed by atoms with van der Waals surface area (Å²) in [5, 5.41) is 1.50. The van der Waals surface area contributed by atoms with E-state index in [1.807, 2.05) is 19.9 Å². The lowest BCUT2D eigenvalue weighted by molar-refractivity contribution is 0.910. The number of anilines is 1. The van der Waals surface area contributed by atoms with Crippen LogP contribution in [0.4, 0.5) is 5.82 Å². The monoisotopic (exact) mass is 247 g/mol. The number of rotatable bonds is 3. The largest absolute Gasteiger partial charge is 0.383 e. The molecule has 5 nitrogen and oxygen atoms in total. The van der Waals surface area contributed by atoms with E-state index in [0.717, 1.165) is 22.7 Å². The van der Waals surface area contributed by atoms with Gasteiger partial charge in [0, 0.05) is 17.5 Å². The molecule has 0 bridgehead atoms. The first kappa shape index (κ1) is 11.8. The lowest BCUT2D eigenvalue weighted by Gasteiger charge is -2.07. The fourth-order valence-electron chi connectivity index (χ4n) is 1.39. The van der Waals surface area contributed by atoms with Gasteiger partial charge in [0.1, 0.15) is 17.2 Å². The highest BCUT2D eigenvalue weighted by Gasteiger charge is 2.10. The molecule has 0 aliphatic rings. The molecule has 17 heavy (non-hydrogen) atoms. The molecule has 2 heterocycles. The topological polar surface area (TPSA) is 77.6 Å². The molecular formula is C11H13N5S. The molecule has 0 spiro atoms. The van der Waals surface area contributed by atoms with E-state index < -0.39 is 0 Å². The van der Waals surface area contributed by atoms with Crippen LogP contribution >= 0.6 is 11.8 Å². The molecule has 0 saturated carbocycles. The smallest absolute Gasteiger partial charge is 0.194 e. The van der Waals surface area contributed by atoms with Crippen molar-refractivity contribution in [2.45, 2.75) is 30.5 Å². The van der Waals surface area contributed by atoms with Crippen LogP contribution < -0.4 is 5.73 Å². The van der Waals surface area contributed by atoms with E-state index >= 15 is 0 Å². The second-order valence-electron chi connectivity index (χ2n) is 3.48. The Morgan fingerprint density at radius 1 is 1.29 bits per heavy atom. The van der Waals surface area contributed by atoms with Crippen LogP contribution in [0.15, 0.2) is 28.8 Å². The van der Waals surface area contributed by atoms with Crippen LogP contribution in [0, 0.1) is 6.92 Å². The Morgan fingerprint density at radius 2 is 2.12 bits per heavy atom. The van der Waals surface area contributed by atoms with Gasteiger partial charge >= 0.3 is 0 Å². The van der Waals surface area contributed by atoms with Gasteiger partial charge in [-0.25, -0.2) is 19.9 Å². The molecule has 0 fully saturated rings. The fraction of sp³-hybridized carbons (Fsp3) is 0.273. The van der Waals surface area contributed by atoms with E-state index in [2.05, 4.69) is 19.9 Å². The van der Waals surface area contributed by atoms with E-state index in [1.54, 1.807) is 6.20 Å². The van der Waals surface area contributed by atoms with Crippen molar-refractivity contribution in [3.05, 3.63) is 29.8 Å². The summed E-state index contributed by atoms with van der Waals surface area (Å²) in [6.45, 7) is 3.96. The number of nitrogen functional groups attached to an aromatic ring is 1. The van der Waals surface area contributed by atoms with Crippen LogP contribution in [-0.2, 0) is 6.42 Å². The van der Waals surface area contributed by atoms with Gasteiger partial charge < -0.3 is 5.73 Å². The number of nitrogens with two attached hydrogens (primary N) is 1. The molecular weight excluding hydrogens is 234 g/mol. The molecule has 2 aromatic rings. The van der Waals surface area contributed by atoms with E-state index in [1.165, 1.54) is 18.1 Å². The summed E-state index contributed by atoms with van der Waals surface area (Å²) in [7, 11) is 0. The minimum Gasteiger partial charge on any atom is -0.383 e. The summed E-state index contributed by atoms with van der Waals surface area (Å²) in [6, 6.07) is 1.86. The molecule has 0 saturated heterocycles. The van der Waals surface area contributed by atoms with Crippen molar-refractivity contribution >= 4 is 17.6 Å². The highest BCUT2D eigenvalue weighted by molar-refractivity contribution is 7.99. The van der Waals surface area contributed by atoms with E-state index in [4.69, 9.17) is 5.73 Å². The maximum atomic E-state index is 5.81. The van der Waals surface area contributed by atoms with Gasteiger partial charge in [0.25, 0.3) is 0 Å². The molecule has 88 valence electrons. The summed E-state index contributed by atoms with van der Waals surface area (Å²) in [4.78, 5) is 16.7. The third-order valence-electron chi connectivity index (χ3n) is 2.25. The molecule has 0 aliphatic carbocycles. The third kappa shape index (κ3) is 2.71. The maximum Gasteiger partial charge on any atom is 0.194 e. The third-order valence-corrected chi connectivity index (χ3v) is 3.18. The standard InChI is InChI=1S/C11H13N5S/c1-3-8-9(12)14-6-15-10(8)17-11-13-5-4-7(2)16-11/h4-6H,3H2,1-2H3,(H2,12,14,15). The number of hydrogen-bond donors (Lipinski definition) is 1. The van der Waals surface area contributed by atoms with Crippen molar-refractivity contribution in [1.82, 2.24) is 19.9 Å². The summed E-state index contributed by atoms with van der Waals surface area (Å²) >= 11 is 1.41. The zero-order valence-corrected chi connectivity index (χ0v) is 10.5. The van der Waals surface area contributed by atoms with E-state index in [0.29, 0.717) is 11.0 Å². The highest BCUT2D eigenvalue weighted by Crippen LogP contribution is 2.28. The van der Waals surface area contributed by atoms with Crippen LogP contribution in [0.1, 0.15) is 18.2 Å². The van der Waals surface area contributed by atoms with Crippen molar-refractivity contribution in [2.24, 2.45) is 0 Å². The van der Waals surface area contributed by atoms with Crippen LogP contribution in [0.25, 0.3) is 0 Å². The van der Waals surface area contributed by atoms with Gasteiger partial charge in [-0.05, 0) is 31.2 Å². The Balaban J connectivity index is 2.33. The average Bonchev–Trinajstić information content (AvgIpc) is 2.29. The van der Waals surface area contributed by atoms with Crippen molar-refractivity contribution in [2.75, 3.05) is 5.73 Å². The van der Waals surface area contributed by atoms with Gasteiger partial charge in [-0.15, -0.1) is 0 Å². The Hall–Kier alpha value is -1.69. The van der Waals surface area contributed by atoms with Crippen molar-refractivity contribution < 1.29 is 0 Å². The van der Waals surface area contributed by atoms with Gasteiger partial charge in [-0.3, -0.25) is 0 Å². The molecule has 2 aromatic heterocycles. The predicted molar refractivity (Wildman–Crippen MR) is 66.7 cm³/mol. The van der Waals surface area contributed by atoms with Gasteiger partial charge in [-0.2, -0.15) is 0 Å². The van der Waals surface area contributed by atoms with Gasteiger partial charge in [0.2, 0.25) is 0 Å². The molecule has 0 unspecified atom stereocenters. The lowest BCUT2D eigenvalue weighted by atomic mass is 10.2. The first-order chi connectivity index (χ1) is 8.20. The quantitative estimate of drug-likeness (QED) is 0.659. The minimum absolute atomic E-state index is 0.526. The minimum atomic E-state index is 0.526. The number of aryl methyl sites for hydroxylation is 1. The van der Waals surface area contributed by atoms with Crippen LogP contribution in [-0.4, -0.2) is 19.9 Å². The van der Waals surface area contributed by atoms with Crippen LogP contribution in [0.5, 0.6) is 0 Å². The zero-order chi connectivity index (χ0) is 12.3. The first-order valence-electron chi connectivity index (χ1n) is 5.27. The lowest BCUT2D eigenvalue weighted by Crippen LogP contribution is -2.01. The maximum absolute atomic E-state index is 5.81. The van der Waals surface area contributed by atoms with Gasteiger partial charge in [0.05, 0.1) is 0 Å². The normalized spacial score (nSPS) is 10.5. The molecule has 6 heteroatoms. The molecule has 0 amide bonds. The van der Waals surface area contributed by atoms with Gasteiger partial charge in [0.15, 0.2) is 5.16 Å². The van der Waals surface area contributed by atoms with Crippen molar-refractivity contribution in [3.8, 4) is 0 Å². The Bertz CT molecular complexity index is 529. The molecule has 0 radical (unpaired) electrons. The summed E-state index contributed by atoms with van der Waals surface area (Å²) in [6.07, 6.45) is 3.99. The Labute approximate surface area is 104 Å². The molecule has 0 aromatic carbocycles. The number of aromatic nitrogens is 4. The van der Waals surface area contributed by atoms with Gasteiger partial charge in [-0.1, -0.05) is 6.92 Å². The summed E-state index contributed by atoms with van der Waals surface area (Å²) in [5.41, 5.74) is 7.69. The molecule has 0 aliphatic heterocycles. The SMILES string of the molecule is CCc1c(N)ncnc1Sc1nccc(C)n1. The first-order valence-corrected chi connectivity index (χ1v) is 6.09. The fourth-order valence-corrected chi connectivity index (χ4v) is 2.34. The van der Waals surface area contributed by atoms with E-state index in [-0.39, 0.29) is 0 Å². The Morgan fingerprint density at radius 3 is 2.82 bits per heavy atom. The Kier molecular flexibility index (Phi) is 3.53. The molecule has 2 rings (SSSR count). The van der Waals surface area contributed by atoms with E-state index in [9.17, 15) is 0 Å². The summed E-state index contributed by atoms with van der Waals surface area (Å²) in [5.74, 6) is 0.526. The van der Waals surface area contributed by atoms with Crippen LogP contribution in [0.2, 0.25) is 0 Å².